The average molecular weight is 285 g/mol. The summed E-state index contributed by atoms with van der Waals surface area (Å²) >= 11 is 0. The van der Waals surface area contributed by atoms with Crippen LogP contribution in [-0.4, -0.2) is 26.2 Å². The Hall–Kier alpha value is -2.00. The number of aryl methyl sites for hydroxylation is 1. The first-order chi connectivity index (χ1) is 9.90. The highest BCUT2D eigenvalue weighted by atomic mass is 16.3. The largest absolute Gasteiger partial charge is 0.508 e. The summed E-state index contributed by atoms with van der Waals surface area (Å²) in [5.41, 5.74) is 4.43. The van der Waals surface area contributed by atoms with Crippen molar-refractivity contribution in [1.29, 1.82) is 0 Å². The van der Waals surface area contributed by atoms with Crippen molar-refractivity contribution in [3.8, 4) is 5.75 Å². The van der Waals surface area contributed by atoms with Gasteiger partial charge in [0.2, 0.25) is 0 Å². The molecule has 0 aromatic heterocycles. The van der Waals surface area contributed by atoms with E-state index in [9.17, 15) is 5.11 Å². The van der Waals surface area contributed by atoms with Gasteiger partial charge in [-0.05, 0) is 35.7 Å². The van der Waals surface area contributed by atoms with Crippen molar-refractivity contribution in [3.63, 3.8) is 0 Å². The monoisotopic (exact) mass is 285 g/mol. The molecule has 0 saturated heterocycles. The molecule has 0 heterocycles. The molecule has 0 spiro atoms. The summed E-state index contributed by atoms with van der Waals surface area (Å²) in [7, 11) is 6.47. The fourth-order valence-corrected chi connectivity index (χ4v) is 2.24. The van der Waals surface area contributed by atoms with Gasteiger partial charge in [-0.3, -0.25) is 4.48 Å². The Kier molecular flexibility index (Phi) is 4.53. The van der Waals surface area contributed by atoms with Gasteiger partial charge in [0, 0.05) is 18.3 Å². The van der Waals surface area contributed by atoms with Crippen molar-refractivity contribution in [3.05, 3.63) is 53.6 Å². The summed E-state index contributed by atoms with van der Waals surface area (Å²) in [5, 5.41) is 13.2. The normalized spacial score (nSPS) is 11.4. The molecule has 3 nitrogen and oxygen atoms in total. The fraction of sp³-hybridized carbons (Fsp3) is 0.333. The molecule has 112 valence electrons. The lowest BCUT2D eigenvalue weighted by molar-refractivity contribution is 0.469. The highest BCUT2D eigenvalue weighted by Crippen LogP contribution is 2.23. The molecule has 0 fully saturated rings. The number of anilines is 1. The van der Waals surface area contributed by atoms with Crippen LogP contribution in [0.4, 0.5) is 11.4 Å². The highest BCUT2D eigenvalue weighted by Gasteiger charge is 2.10. The van der Waals surface area contributed by atoms with Crippen molar-refractivity contribution < 1.29 is 5.11 Å². The van der Waals surface area contributed by atoms with Gasteiger partial charge in [-0.1, -0.05) is 25.1 Å². The van der Waals surface area contributed by atoms with Gasteiger partial charge < -0.3 is 10.4 Å². The lowest BCUT2D eigenvalue weighted by atomic mass is 10.1. The first kappa shape index (κ1) is 15.4. The van der Waals surface area contributed by atoms with Crippen LogP contribution in [-0.2, 0) is 13.0 Å². The standard InChI is InChI=1S/C18H24N2O/c1-5-15-8-9-16(12-18(15)21)19-13-14-6-10-17(11-7-14)20(2,3)4/h6-12,19H,5,13H2,1-4H3/p+1. The number of benzene rings is 2. The summed E-state index contributed by atoms with van der Waals surface area (Å²) in [4.78, 5) is 0. The summed E-state index contributed by atoms with van der Waals surface area (Å²) in [6.07, 6.45) is 0.846. The van der Waals surface area contributed by atoms with E-state index < -0.39 is 0 Å². The summed E-state index contributed by atoms with van der Waals surface area (Å²) < 4.78 is 0.820. The van der Waals surface area contributed by atoms with Crippen LogP contribution in [0, 0.1) is 0 Å². The zero-order valence-electron chi connectivity index (χ0n) is 13.4. The Balaban J connectivity index is 2.01. The van der Waals surface area contributed by atoms with Crippen LogP contribution in [0.2, 0.25) is 0 Å². The third-order valence-corrected chi connectivity index (χ3v) is 3.67. The average Bonchev–Trinajstić information content (AvgIpc) is 2.45. The topological polar surface area (TPSA) is 32.3 Å². The second-order valence-electron chi connectivity index (χ2n) is 6.23. The second-order valence-corrected chi connectivity index (χ2v) is 6.23. The van der Waals surface area contributed by atoms with Crippen LogP contribution in [0.1, 0.15) is 18.1 Å². The molecule has 2 rings (SSSR count). The molecule has 3 heteroatoms. The predicted molar refractivity (Wildman–Crippen MR) is 90.8 cm³/mol. The molecule has 0 radical (unpaired) electrons. The van der Waals surface area contributed by atoms with E-state index in [4.69, 9.17) is 0 Å². The molecular weight excluding hydrogens is 260 g/mol. The van der Waals surface area contributed by atoms with Gasteiger partial charge in [-0.2, -0.15) is 0 Å². The van der Waals surface area contributed by atoms with Crippen LogP contribution < -0.4 is 9.80 Å². The number of aromatic hydroxyl groups is 1. The van der Waals surface area contributed by atoms with Gasteiger partial charge >= 0.3 is 0 Å². The number of nitrogens with one attached hydrogen (secondary N) is 1. The number of rotatable bonds is 5. The van der Waals surface area contributed by atoms with E-state index in [1.54, 1.807) is 6.07 Å². The molecule has 2 aromatic carbocycles. The molecule has 0 bridgehead atoms. The van der Waals surface area contributed by atoms with Gasteiger partial charge in [-0.25, -0.2) is 0 Å². The van der Waals surface area contributed by atoms with E-state index >= 15 is 0 Å². The minimum absolute atomic E-state index is 0.364. The van der Waals surface area contributed by atoms with Crippen molar-refractivity contribution in [1.82, 2.24) is 4.48 Å². The molecular formula is C18H25N2O+. The molecule has 0 aliphatic rings. The molecule has 0 unspecified atom stereocenters. The Bertz CT molecular complexity index is 598. The number of hydrogen-bond acceptors (Lipinski definition) is 2. The van der Waals surface area contributed by atoms with Gasteiger partial charge in [0.1, 0.15) is 11.4 Å². The van der Waals surface area contributed by atoms with E-state index in [0.29, 0.717) is 5.75 Å². The van der Waals surface area contributed by atoms with E-state index in [1.165, 1.54) is 11.3 Å². The van der Waals surface area contributed by atoms with E-state index in [1.807, 2.05) is 19.1 Å². The van der Waals surface area contributed by atoms with Gasteiger partial charge in [0.15, 0.2) is 0 Å². The number of hydrogen-bond donors (Lipinski definition) is 2. The van der Waals surface area contributed by atoms with Crippen LogP contribution in [0.15, 0.2) is 42.5 Å². The summed E-state index contributed by atoms with van der Waals surface area (Å²) in [6.45, 7) is 2.79. The van der Waals surface area contributed by atoms with Gasteiger partial charge in [0.05, 0.1) is 21.1 Å². The number of quaternary nitrogens is 1. The molecule has 0 saturated carbocycles. The minimum atomic E-state index is 0.364. The van der Waals surface area contributed by atoms with Crippen LogP contribution in [0.25, 0.3) is 0 Å². The second kappa shape index (κ2) is 6.19. The molecule has 21 heavy (non-hydrogen) atoms. The van der Waals surface area contributed by atoms with E-state index in [2.05, 4.69) is 50.7 Å². The molecule has 2 N–H and O–H groups in total. The lowest BCUT2D eigenvalue weighted by Crippen LogP contribution is -2.34. The number of nitrogens with zero attached hydrogens (tertiary/aromatic N) is 1. The highest BCUT2D eigenvalue weighted by molar-refractivity contribution is 5.52. The molecule has 0 atom stereocenters. The third kappa shape index (κ3) is 3.99. The summed E-state index contributed by atoms with van der Waals surface area (Å²) in [6, 6.07) is 14.4. The van der Waals surface area contributed by atoms with Gasteiger partial charge in [0.25, 0.3) is 0 Å². The smallest absolute Gasteiger partial charge is 0.132 e. The van der Waals surface area contributed by atoms with Gasteiger partial charge in [-0.15, -0.1) is 0 Å². The van der Waals surface area contributed by atoms with Crippen molar-refractivity contribution in [2.75, 3.05) is 26.5 Å². The quantitative estimate of drug-likeness (QED) is 0.820. The third-order valence-electron chi connectivity index (χ3n) is 3.67. The fourth-order valence-electron chi connectivity index (χ4n) is 2.24. The maximum Gasteiger partial charge on any atom is 0.132 e. The zero-order valence-corrected chi connectivity index (χ0v) is 13.4. The van der Waals surface area contributed by atoms with Crippen LogP contribution in [0.5, 0.6) is 5.75 Å². The Morgan fingerprint density at radius 2 is 1.67 bits per heavy atom. The predicted octanol–water partition coefficient (Wildman–Crippen LogP) is 3.76. The Labute approximate surface area is 127 Å². The molecule has 2 aromatic rings. The molecule has 0 aliphatic heterocycles. The number of phenolic OH excluding ortho intramolecular Hbond substituents is 1. The first-order valence-corrected chi connectivity index (χ1v) is 7.37. The van der Waals surface area contributed by atoms with Crippen LogP contribution >= 0.6 is 0 Å². The lowest BCUT2D eigenvalue weighted by Gasteiger charge is -2.23. The van der Waals surface area contributed by atoms with E-state index in [0.717, 1.165) is 28.7 Å². The maximum atomic E-state index is 9.87. The Morgan fingerprint density at radius 1 is 1.00 bits per heavy atom. The minimum Gasteiger partial charge on any atom is -0.508 e. The maximum absolute atomic E-state index is 9.87. The molecule has 0 amide bonds. The van der Waals surface area contributed by atoms with Crippen molar-refractivity contribution in [2.24, 2.45) is 0 Å². The number of phenols is 1. The van der Waals surface area contributed by atoms with Crippen molar-refractivity contribution in [2.45, 2.75) is 19.9 Å². The molecule has 0 aliphatic carbocycles. The Morgan fingerprint density at radius 3 is 2.19 bits per heavy atom. The van der Waals surface area contributed by atoms with E-state index in [-0.39, 0.29) is 0 Å². The first-order valence-electron chi connectivity index (χ1n) is 7.37. The SMILES string of the molecule is CCc1ccc(NCc2ccc([N+](C)(C)C)cc2)cc1O. The van der Waals surface area contributed by atoms with Crippen LogP contribution in [0.3, 0.4) is 0 Å². The summed E-state index contributed by atoms with van der Waals surface area (Å²) in [5.74, 6) is 0.364. The van der Waals surface area contributed by atoms with Crippen molar-refractivity contribution >= 4 is 11.4 Å². The zero-order chi connectivity index (χ0) is 15.5.